The summed E-state index contributed by atoms with van der Waals surface area (Å²) in [5, 5.41) is 15.4. The van der Waals surface area contributed by atoms with Crippen LogP contribution in [-0.2, 0) is 9.53 Å². The van der Waals surface area contributed by atoms with E-state index in [2.05, 4.69) is 10.6 Å². The lowest BCUT2D eigenvalue weighted by molar-refractivity contribution is -0.138. The minimum absolute atomic E-state index is 0.174. The van der Waals surface area contributed by atoms with Gasteiger partial charge in [-0.25, -0.2) is 9.59 Å². The molecule has 2 amide bonds. The van der Waals surface area contributed by atoms with Gasteiger partial charge in [0.05, 0.1) is 24.3 Å². The Hall–Kier alpha value is -1.60. The van der Waals surface area contributed by atoms with Crippen LogP contribution in [0.1, 0.15) is 26.7 Å². The molecule has 0 spiro atoms. The Morgan fingerprint density at radius 3 is 2.76 bits per heavy atom. The summed E-state index contributed by atoms with van der Waals surface area (Å²) < 4.78 is 5.00. The summed E-state index contributed by atoms with van der Waals surface area (Å²) >= 11 is 0. The smallest absolute Gasteiger partial charge is 0.337 e. The molecule has 0 aromatic rings. The largest absolute Gasteiger partial charge is 0.463 e. The third kappa shape index (κ3) is 3.74. The lowest BCUT2D eigenvalue weighted by Crippen LogP contribution is -2.62. The molecule has 118 valence electrons. The predicted molar refractivity (Wildman–Crippen MR) is 76.5 cm³/mol. The maximum Gasteiger partial charge on any atom is 0.337 e. The number of carbonyl (C=O) groups is 2. The predicted octanol–water partition coefficient (Wildman–Crippen LogP) is -0.0368. The van der Waals surface area contributed by atoms with Crippen LogP contribution in [-0.4, -0.2) is 60.4 Å². The van der Waals surface area contributed by atoms with Gasteiger partial charge in [0.1, 0.15) is 0 Å². The summed E-state index contributed by atoms with van der Waals surface area (Å²) in [6, 6.07) is -0.317. The Balaban J connectivity index is 2.01. The van der Waals surface area contributed by atoms with E-state index in [4.69, 9.17) is 4.74 Å². The summed E-state index contributed by atoms with van der Waals surface area (Å²) in [5.74, 6) is -0.413. The molecule has 0 aliphatic carbocycles. The van der Waals surface area contributed by atoms with Gasteiger partial charge >= 0.3 is 12.0 Å². The maximum absolute atomic E-state index is 11.9. The second kappa shape index (κ2) is 6.44. The molecular weight excluding hydrogens is 274 g/mol. The number of rotatable bonds is 6. The Morgan fingerprint density at radius 1 is 1.43 bits per heavy atom. The molecule has 0 aromatic carbocycles. The van der Waals surface area contributed by atoms with Crippen LogP contribution in [0.15, 0.2) is 11.3 Å². The van der Waals surface area contributed by atoms with E-state index in [1.165, 1.54) is 0 Å². The summed E-state index contributed by atoms with van der Waals surface area (Å²) in [4.78, 5) is 25.3. The summed E-state index contributed by atoms with van der Waals surface area (Å²) in [6.07, 6.45) is 1.70. The molecule has 0 radical (unpaired) electrons. The average molecular weight is 297 g/mol. The average Bonchev–Trinajstić information content (AvgIpc) is 2.37. The zero-order valence-corrected chi connectivity index (χ0v) is 12.6. The first kappa shape index (κ1) is 15.8. The summed E-state index contributed by atoms with van der Waals surface area (Å²) in [6.45, 7) is 5.81. The number of hydrogen-bond donors (Lipinski definition) is 3. The normalized spacial score (nSPS) is 21.4. The van der Waals surface area contributed by atoms with Crippen LogP contribution in [0.5, 0.6) is 0 Å². The zero-order chi connectivity index (χ0) is 15.5. The van der Waals surface area contributed by atoms with Gasteiger partial charge in [-0.3, -0.25) is 4.90 Å². The highest BCUT2D eigenvalue weighted by molar-refractivity contribution is 5.93. The van der Waals surface area contributed by atoms with Gasteiger partial charge in [0.25, 0.3) is 0 Å². The monoisotopic (exact) mass is 297 g/mol. The number of amides is 2. The number of likely N-dealkylation sites (tertiary alicyclic amines) is 1. The van der Waals surface area contributed by atoms with Gasteiger partial charge in [-0.15, -0.1) is 0 Å². The number of nitrogens with zero attached hydrogens (tertiary/aromatic N) is 1. The van der Waals surface area contributed by atoms with E-state index in [-0.39, 0.29) is 12.6 Å². The van der Waals surface area contributed by atoms with E-state index < -0.39 is 11.6 Å². The number of aliphatic hydroxyl groups is 1. The molecule has 7 nitrogen and oxygen atoms in total. The van der Waals surface area contributed by atoms with E-state index in [1.54, 1.807) is 6.92 Å². The van der Waals surface area contributed by atoms with Crippen LogP contribution in [0, 0.1) is 0 Å². The van der Waals surface area contributed by atoms with Crippen LogP contribution >= 0.6 is 0 Å². The van der Waals surface area contributed by atoms with Gasteiger partial charge < -0.3 is 20.5 Å². The molecule has 2 rings (SSSR count). The number of nitrogens with one attached hydrogen (secondary N) is 2. The van der Waals surface area contributed by atoms with Gasteiger partial charge in [0.15, 0.2) is 0 Å². The maximum atomic E-state index is 11.9. The third-order valence-electron chi connectivity index (χ3n) is 3.71. The number of esters is 1. The number of β-amino-alcohol motifs (C(OH)–C–C–N with tert-alkyl or cyclic N) is 1. The number of hydrogen-bond acceptors (Lipinski definition) is 5. The SMILES string of the molecule is CCCC1(O)CN(CC2=C(C(=O)OCC)CNC(=O)N2)C1. The van der Waals surface area contributed by atoms with Crippen molar-refractivity contribution in [2.24, 2.45) is 0 Å². The van der Waals surface area contributed by atoms with Crippen LogP contribution < -0.4 is 10.6 Å². The van der Waals surface area contributed by atoms with Crippen LogP contribution in [0.2, 0.25) is 0 Å². The van der Waals surface area contributed by atoms with E-state index in [1.807, 2.05) is 11.8 Å². The van der Waals surface area contributed by atoms with E-state index in [0.29, 0.717) is 37.5 Å². The molecule has 3 N–H and O–H groups in total. The molecule has 7 heteroatoms. The molecular formula is C14H23N3O4. The van der Waals surface area contributed by atoms with Gasteiger partial charge in [-0.05, 0) is 13.3 Å². The Bertz CT molecular complexity index is 455. The second-order valence-electron chi connectivity index (χ2n) is 5.60. The fourth-order valence-corrected chi connectivity index (χ4v) is 2.83. The van der Waals surface area contributed by atoms with Crippen molar-refractivity contribution in [3.05, 3.63) is 11.3 Å². The molecule has 0 unspecified atom stereocenters. The standard InChI is InChI=1S/C14H23N3O4/c1-3-5-14(20)8-17(9-14)7-11-10(12(18)21-4-2)6-15-13(19)16-11/h20H,3-9H2,1-2H3,(H2,15,16,19). The van der Waals surface area contributed by atoms with Crippen molar-refractivity contribution in [2.45, 2.75) is 32.3 Å². The Morgan fingerprint density at radius 2 is 2.14 bits per heavy atom. The summed E-state index contributed by atoms with van der Waals surface area (Å²) in [7, 11) is 0. The second-order valence-corrected chi connectivity index (χ2v) is 5.60. The van der Waals surface area contributed by atoms with Gasteiger partial charge in [0.2, 0.25) is 0 Å². The molecule has 1 saturated heterocycles. The molecule has 2 aliphatic heterocycles. The first-order valence-corrected chi connectivity index (χ1v) is 7.36. The molecule has 0 aromatic heterocycles. The van der Waals surface area contributed by atoms with Gasteiger partial charge in [-0.2, -0.15) is 0 Å². The molecule has 21 heavy (non-hydrogen) atoms. The van der Waals surface area contributed by atoms with Crippen molar-refractivity contribution in [1.29, 1.82) is 0 Å². The van der Waals surface area contributed by atoms with Crippen LogP contribution in [0.3, 0.4) is 0 Å². The van der Waals surface area contributed by atoms with Crippen molar-refractivity contribution in [2.75, 3.05) is 32.8 Å². The van der Waals surface area contributed by atoms with Crippen molar-refractivity contribution in [3.8, 4) is 0 Å². The first-order chi connectivity index (χ1) is 9.97. The van der Waals surface area contributed by atoms with Gasteiger partial charge in [0, 0.05) is 25.3 Å². The minimum Gasteiger partial charge on any atom is -0.463 e. The molecule has 1 fully saturated rings. The first-order valence-electron chi connectivity index (χ1n) is 7.36. The number of ether oxygens (including phenoxy) is 1. The fraction of sp³-hybridized carbons (Fsp3) is 0.714. The highest BCUT2D eigenvalue weighted by Gasteiger charge is 2.41. The fourth-order valence-electron chi connectivity index (χ4n) is 2.83. The van der Waals surface area contributed by atoms with E-state index in [0.717, 1.165) is 12.8 Å². The lowest BCUT2D eigenvalue weighted by Gasteiger charge is -2.47. The minimum atomic E-state index is -0.629. The molecule has 0 saturated carbocycles. The highest BCUT2D eigenvalue weighted by Crippen LogP contribution is 2.26. The third-order valence-corrected chi connectivity index (χ3v) is 3.71. The van der Waals surface area contributed by atoms with Gasteiger partial charge in [-0.1, -0.05) is 13.3 Å². The Kier molecular flexibility index (Phi) is 4.84. The van der Waals surface area contributed by atoms with Crippen LogP contribution in [0.25, 0.3) is 0 Å². The molecule has 0 atom stereocenters. The number of urea groups is 1. The Labute approximate surface area is 124 Å². The lowest BCUT2D eigenvalue weighted by atomic mass is 9.89. The molecule has 0 bridgehead atoms. The highest BCUT2D eigenvalue weighted by atomic mass is 16.5. The van der Waals surface area contributed by atoms with E-state index >= 15 is 0 Å². The quantitative estimate of drug-likeness (QED) is 0.599. The van der Waals surface area contributed by atoms with Crippen LogP contribution in [0.4, 0.5) is 4.79 Å². The number of carbonyl (C=O) groups excluding carboxylic acids is 2. The molecule has 2 heterocycles. The topological polar surface area (TPSA) is 90.9 Å². The van der Waals surface area contributed by atoms with Crippen molar-refractivity contribution in [1.82, 2.24) is 15.5 Å². The zero-order valence-electron chi connectivity index (χ0n) is 12.6. The van der Waals surface area contributed by atoms with Crippen molar-refractivity contribution < 1.29 is 19.4 Å². The van der Waals surface area contributed by atoms with Crippen molar-refractivity contribution >= 4 is 12.0 Å². The molecule has 2 aliphatic rings. The van der Waals surface area contributed by atoms with E-state index in [9.17, 15) is 14.7 Å². The summed E-state index contributed by atoms with van der Waals surface area (Å²) in [5.41, 5.74) is 0.384. The van der Waals surface area contributed by atoms with Crippen molar-refractivity contribution in [3.63, 3.8) is 0 Å².